The summed E-state index contributed by atoms with van der Waals surface area (Å²) in [5.41, 5.74) is 2.29. The van der Waals surface area contributed by atoms with Gasteiger partial charge in [0.1, 0.15) is 6.61 Å². The Morgan fingerprint density at radius 1 is 1.40 bits per heavy atom. The molecule has 1 saturated heterocycles. The van der Waals surface area contributed by atoms with Gasteiger partial charge < -0.3 is 14.8 Å². The molecule has 0 amide bonds. The van der Waals surface area contributed by atoms with Gasteiger partial charge >= 0.3 is 0 Å². The van der Waals surface area contributed by atoms with Gasteiger partial charge in [-0.25, -0.2) is 4.98 Å². The number of hydrogen-bond acceptors (Lipinski definition) is 4. The van der Waals surface area contributed by atoms with Crippen molar-refractivity contribution in [1.29, 1.82) is 0 Å². The molecule has 1 unspecified atom stereocenters. The van der Waals surface area contributed by atoms with E-state index in [-0.39, 0.29) is 6.10 Å². The molecule has 0 aromatic carbocycles. The lowest BCUT2D eigenvalue weighted by Gasteiger charge is -2.22. The molecule has 0 radical (unpaired) electrons. The molecule has 0 bridgehead atoms. The highest BCUT2D eigenvalue weighted by atomic mass is 16.5. The van der Waals surface area contributed by atoms with E-state index in [9.17, 15) is 0 Å². The van der Waals surface area contributed by atoms with Gasteiger partial charge in [-0.3, -0.25) is 0 Å². The second-order valence-electron chi connectivity index (χ2n) is 5.72. The van der Waals surface area contributed by atoms with Crippen LogP contribution in [0.25, 0.3) is 0 Å². The van der Waals surface area contributed by atoms with Crippen molar-refractivity contribution < 1.29 is 9.47 Å². The van der Waals surface area contributed by atoms with Crippen LogP contribution in [0.4, 0.5) is 0 Å². The molecule has 2 heterocycles. The highest BCUT2D eigenvalue weighted by Gasteiger charge is 2.15. The van der Waals surface area contributed by atoms with Crippen molar-refractivity contribution in [3.63, 3.8) is 0 Å². The van der Waals surface area contributed by atoms with Crippen molar-refractivity contribution in [2.75, 3.05) is 20.3 Å². The largest absolute Gasteiger partial charge is 0.475 e. The molecule has 1 fully saturated rings. The Labute approximate surface area is 121 Å². The summed E-state index contributed by atoms with van der Waals surface area (Å²) < 4.78 is 11.5. The monoisotopic (exact) mass is 278 g/mol. The van der Waals surface area contributed by atoms with Crippen LogP contribution in [0, 0.1) is 0 Å². The summed E-state index contributed by atoms with van der Waals surface area (Å²) in [5.74, 6) is 1.12. The zero-order valence-corrected chi connectivity index (χ0v) is 12.8. The maximum Gasteiger partial charge on any atom is 0.213 e. The molecule has 4 nitrogen and oxygen atoms in total. The third-order valence-electron chi connectivity index (χ3n) is 3.54. The molecule has 0 saturated carbocycles. The van der Waals surface area contributed by atoms with E-state index in [1.54, 1.807) is 0 Å². The molecule has 1 aromatic rings. The van der Waals surface area contributed by atoms with E-state index < -0.39 is 0 Å². The van der Waals surface area contributed by atoms with Gasteiger partial charge in [0.25, 0.3) is 0 Å². The summed E-state index contributed by atoms with van der Waals surface area (Å²) in [7, 11) is 1.95. The highest BCUT2D eigenvalue weighted by Crippen LogP contribution is 2.20. The van der Waals surface area contributed by atoms with Gasteiger partial charge in [0, 0.05) is 24.9 Å². The Morgan fingerprint density at radius 3 is 2.90 bits per heavy atom. The summed E-state index contributed by atoms with van der Waals surface area (Å²) in [4.78, 5) is 4.59. The van der Waals surface area contributed by atoms with Gasteiger partial charge in [0.2, 0.25) is 5.88 Å². The second-order valence-corrected chi connectivity index (χ2v) is 5.72. The average Bonchev–Trinajstić information content (AvgIpc) is 2.46. The van der Waals surface area contributed by atoms with Crippen LogP contribution in [0.3, 0.4) is 0 Å². The molecule has 112 valence electrons. The molecule has 1 atom stereocenters. The zero-order chi connectivity index (χ0) is 14.4. The van der Waals surface area contributed by atoms with Crippen LogP contribution in [-0.2, 0) is 11.3 Å². The van der Waals surface area contributed by atoms with E-state index in [1.807, 2.05) is 13.1 Å². The van der Waals surface area contributed by atoms with E-state index >= 15 is 0 Å². The predicted molar refractivity (Wildman–Crippen MR) is 80.2 cm³/mol. The number of nitrogens with zero attached hydrogens (tertiary/aromatic N) is 1. The van der Waals surface area contributed by atoms with Crippen molar-refractivity contribution in [2.45, 2.75) is 51.7 Å². The maximum absolute atomic E-state index is 5.86. The lowest BCUT2D eigenvalue weighted by Crippen LogP contribution is -2.26. The molecular weight excluding hydrogens is 252 g/mol. The van der Waals surface area contributed by atoms with Crippen molar-refractivity contribution in [3.05, 3.63) is 23.4 Å². The van der Waals surface area contributed by atoms with Gasteiger partial charge in [0.05, 0.1) is 6.10 Å². The topological polar surface area (TPSA) is 43.4 Å². The molecule has 1 N–H and O–H groups in total. The fraction of sp³-hybridized carbons (Fsp3) is 0.688. The van der Waals surface area contributed by atoms with E-state index in [1.165, 1.54) is 18.4 Å². The fourth-order valence-electron chi connectivity index (χ4n) is 2.38. The number of nitrogens with one attached hydrogen (secondary N) is 1. The van der Waals surface area contributed by atoms with E-state index in [0.717, 1.165) is 31.1 Å². The summed E-state index contributed by atoms with van der Waals surface area (Å²) in [6, 6.07) is 4.16. The van der Waals surface area contributed by atoms with Crippen molar-refractivity contribution >= 4 is 0 Å². The van der Waals surface area contributed by atoms with Crippen molar-refractivity contribution in [2.24, 2.45) is 0 Å². The van der Waals surface area contributed by atoms with E-state index in [4.69, 9.17) is 9.47 Å². The Kier molecular flexibility index (Phi) is 5.80. The Morgan fingerprint density at radius 2 is 2.25 bits per heavy atom. The highest BCUT2D eigenvalue weighted by molar-refractivity contribution is 5.26. The summed E-state index contributed by atoms with van der Waals surface area (Å²) in [6.45, 7) is 6.60. The van der Waals surface area contributed by atoms with E-state index in [0.29, 0.717) is 12.5 Å². The van der Waals surface area contributed by atoms with Gasteiger partial charge in [-0.05, 0) is 43.9 Å². The summed E-state index contributed by atoms with van der Waals surface area (Å²) in [6.07, 6.45) is 3.72. The van der Waals surface area contributed by atoms with Crippen LogP contribution in [0.15, 0.2) is 12.1 Å². The number of pyridine rings is 1. The first-order valence-corrected chi connectivity index (χ1v) is 7.59. The first kappa shape index (κ1) is 15.3. The molecule has 0 spiro atoms. The van der Waals surface area contributed by atoms with Gasteiger partial charge in [-0.2, -0.15) is 0 Å². The molecular formula is C16H26N2O2. The number of rotatable bonds is 6. The molecule has 0 aliphatic carbocycles. The normalized spacial score (nSPS) is 19.3. The quantitative estimate of drug-likeness (QED) is 0.869. The second kappa shape index (κ2) is 7.60. The minimum absolute atomic E-state index is 0.223. The van der Waals surface area contributed by atoms with Crippen molar-refractivity contribution in [1.82, 2.24) is 10.3 Å². The lowest BCUT2D eigenvalue weighted by atomic mass is 10.1. The third kappa shape index (κ3) is 4.46. The fourth-order valence-corrected chi connectivity index (χ4v) is 2.38. The average molecular weight is 278 g/mol. The third-order valence-corrected chi connectivity index (χ3v) is 3.54. The Hall–Kier alpha value is -1.13. The smallest absolute Gasteiger partial charge is 0.213 e. The van der Waals surface area contributed by atoms with Crippen LogP contribution in [0.2, 0.25) is 0 Å². The predicted octanol–water partition coefficient (Wildman–Crippen LogP) is 2.87. The van der Waals surface area contributed by atoms with Crippen LogP contribution >= 0.6 is 0 Å². The van der Waals surface area contributed by atoms with E-state index in [2.05, 4.69) is 30.2 Å². The molecule has 4 heteroatoms. The SMILES string of the molecule is CNCc1cc(OCC2CCCCO2)nc(C(C)C)c1. The summed E-state index contributed by atoms with van der Waals surface area (Å²) >= 11 is 0. The maximum atomic E-state index is 5.86. The van der Waals surface area contributed by atoms with Crippen LogP contribution < -0.4 is 10.1 Å². The molecule has 1 aliphatic heterocycles. The number of hydrogen-bond donors (Lipinski definition) is 1. The zero-order valence-electron chi connectivity index (χ0n) is 12.8. The van der Waals surface area contributed by atoms with Gasteiger partial charge in [-0.15, -0.1) is 0 Å². The minimum Gasteiger partial charge on any atom is -0.475 e. The lowest BCUT2D eigenvalue weighted by molar-refractivity contribution is -0.0120. The van der Waals surface area contributed by atoms with Crippen LogP contribution in [-0.4, -0.2) is 31.3 Å². The first-order valence-electron chi connectivity index (χ1n) is 7.59. The molecule has 1 aliphatic rings. The van der Waals surface area contributed by atoms with Gasteiger partial charge in [0.15, 0.2) is 0 Å². The minimum atomic E-state index is 0.223. The summed E-state index contributed by atoms with van der Waals surface area (Å²) in [5, 5.41) is 3.17. The first-order chi connectivity index (χ1) is 9.69. The van der Waals surface area contributed by atoms with Crippen LogP contribution in [0.1, 0.15) is 50.3 Å². The molecule has 2 rings (SSSR count). The van der Waals surface area contributed by atoms with Gasteiger partial charge in [-0.1, -0.05) is 13.8 Å². The molecule has 20 heavy (non-hydrogen) atoms. The molecule has 1 aromatic heterocycles. The Bertz CT molecular complexity index is 415. The van der Waals surface area contributed by atoms with Crippen molar-refractivity contribution in [3.8, 4) is 5.88 Å². The van der Waals surface area contributed by atoms with Crippen LogP contribution in [0.5, 0.6) is 5.88 Å². The number of aromatic nitrogens is 1. The number of ether oxygens (including phenoxy) is 2. The Balaban J connectivity index is 2.01. The standard InChI is InChI=1S/C16H26N2O2/c1-12(2)15-8-13(10-17-3)9-16(18-15)20-11-14-6-4-5-7-19-14/h8-9,12,14,17H,4-7,10-11H2,1-3H3.